The van der Waals surface area contributed by atoms with Crippen molar-refractivity contribution in [1.29, 1.82) is 0 Å². The Labute approximate surface area is 169 Å². The Balaban J connectivity index is 1.51. The van der Waals surface area contributed by atoms with E-state index in [-0.39, 0.29) is 16.7 Å². The van der Waals surface area contributed by atoms with Crippen molar-refractivity contribution in [2.45, 2.75) is 49.0 Å². The standard InChI is InChI=1S/C21H22ClNO4S/c22-18-3-1-2-15-7-16(4-5-17(15)18)28(26,27)23-21-10-13-6-14(11-21)9-20(8-13,12-21)19(24)25/h1-5,7,13-14,23H,6,8-12H2,(H,24,25). The predicted octanol–water partition coefficient (Wildman–Crippen LogP) is 4.20. The lowest BCUT2D eigenvalue weighted by atomic mass is 9.47. The van der Waals surface area contributed by atoms with Crippen LogP contribution in [0.25, 0.3) is 10.8 Å². The first-order chi connectivity index (χ1) is 13.2. The Morgan fingerprint density at radius 3 is 2.50 bits per heavy atom. The molecule has 4 fully saturated rings. The summed E-state index contributed by atoms with van der Waals surface area (Å²) in [5, 5.41) is 12.0. The largest absolute Gasteiger partial charge is 0.481 e. The lowest BCUT2D eigenvalue weighted by Gasteiger charge is -2.60. The molecule has 2 atom stereocenters. The Kier molecular flexibility index (Phi) is 3.90. The molecular formula is C21H22ClNO4S. The van der Waals surface area contributed by atoms with Crippen LogP contribution in [0.4, 0.5) is 0 Å². The molecule has 2 aromatic rings. The third kappa shape index (κ3) is 2.77. The number of aliphatic carboxylic acids is 1. The number of fused-ring (bicyclic) bond motifs is 1. The van der Waals surface area contributed by atoms with Crippen LogP contribution in [-0.2, 0) is 14.8 Å². The molecule has 0 amide bonds. The second-order valence-corrected chi connectivity index (χ2v) is 11.1. The van der Waals surface area contributed by atoms with Gasteiger partial charge in [0.25, 0.3) is 0 Å². The molecule has 4 aliphatic rings. The van der Waals surface area contributed by atoms with E-state index in [0.29, 0.717) is 24.3 Å². The van der Waals surface area contributed by atoms with Gasteiger partial charge in [-0.2, -0.15) is 0 Å². The smallest absolute Gasteiger partial charge is 0.309 e. The van der Waals surface area contributed by atoms with E-state index in [2.05, 4.69) is 4.72 Å². The van der Waals surface area contributed by atoms with Crippen molar-refractivity contribution < 1.29 is 18.3 Å². The molecule has 2 unspecified atom stereocenters. The second-order valence-electron chi connectivity index (χ2n) is 9.06. The summed E-state index contributed by atoms with van der Waals surface area (Å²) in [6, 6.07) is 10.3. The van der Waals surface area contributed by atoms with Gasteiger partial charge < -0.3 is 5.11 Å². The average molecular weight is 420 g/mol. The van der Waals surface area contributed by atoms with E-state index < -0.39 is 26.9 Å². The van der Waals surface area contributed by atoms with Crippen molar-refractivity contribution in [2.24, 2.45) is 17.3 Å². The van der Waals surface area contributed by atoms with E-state index >= 15 is 0 Å². The number of rotatable bonds is 4. The Morgan fingerprint density at radius 2 is 1.82 bits per heavy atom. The number of sulfonamides is 1. The first-order valence-electron chi connectivity index (χ1n) is 9.66. The van der Waals surface area contributed by atoms with Gasteiger partial charge in [0, 0.05) is 15.9 Å². The molecule has 2 aromatic carbocycles. The zero-order valence-corrected chi connectivity index (χ0v) is 16.9. The lowest BCUT2D eigenvalue weighted by molar-refractivity contribution is -0.167. The summed E-state index contributed by atoms with van der Waals surface area (Å²) in [4.78, 5) is 12.2. The van der Waals surface area contributed by atoms with Crippen molar-refractivity contribution in [1.82, 2.24) is 4.72 Å². The van der Waals surface area contributed by atoms with Gasteiger partial charge >= 0.3 is 5.97 Å². The van der Waals surface area contributed by atoms with E-state index in [4.69, 9.17) is 11.6 Å². The Hall–Kier alpha value is -1.63. The summed E-state index contributed by atoms with van der Waals surface area (Å²) in [6.45, 7) is 0. The summed E-state index contributed by atoms with van der Waals surface area (Å²) in [7, 11) is -3.77. The van der Waals surface area contributed by atoms with Crippen LogP contribution in [0.5, 0.6) is 0 Å². The van der Waals surface area contributed by atoms with Gasteiger partial charge in [-0.3, -0.25) is 4.79 Å². The van der Waals surface area contributed by atoms with E-state index in [9.17, 15) is 18.3 Å². The molecule has 4 aliphatic carbocycles. The first-order valence-corrected chi connectivity index (χ1v) is 11.5. The summed E-state index contributed by atoms with van der Waals surface area (Å²) in [6.07, 6.45) is 4.23. The molecule has 0 heterocycles. The highest BCUT2D eigenvalue weighted by molar-refractivity contribution is 7.89. The molecular weight excluding hydrogens is 398 g/mol. The average Bonchev–Trinajstić information content (AvgIpc) is 2.59. The highest BCUT2D eigenvalue weighted by Gasteiger charge is 2.61. The monoisotopic (exact) mass is 419 g/mol. The van der Waals surface area contributed by atoms with E-state index in [1.54, 1.807) is 30.3 Å². The van der Waals surface area contributed by atoms with E-state index in [1.165, 1.54) is 0 Å². The minimum Gasteiger partial charge on any atom is -0.481 e. The van der Waals surface area contributed by atoms with Crippen LogP contribution in [0, 0.1) is 17.3 Å². The summed E-state index contributed by atoms with van der Waals surface area (Å²) in [5.74, 6) is -0.198. The maximum Gasteiger partial charge on any atom is 0.309 e. The van der Waals surface area contributed by atoms with Crippen molar-refractivity contribution >= 4 is 38.4 Å². The highest BCUT2D eigenvalue weighted by atomic mass is 35.5. The molecule has 6 rings (SSSR count). The molecule has 2 N–H and O–H groups in total. The zero-order chi connectivity index (χ0) is 19.7. The molecule has 7 heteroatoms. The maximum absolute atomic E-state index is 13.2. The number of carboxylic acids is 1. The van der Waals surface area contributed by atoms with Gasteiger partial charge in [0.05, 0.1) is 10.3 Å². The summed E-state index contributed by atoms with van der Waals surface area (Å²) >= 11 is 6.19. The minimum atomic E-state index is -3.77. The van der Waals surface area contributed by atoms with Crippen molar-refractivity contribution in [3.63, 3.8) is 0 Å². The third-order valence-corrected chi connectivity index (χ3v) is 8.88. The van der Waals surface area contributed by atoms with E-state index in [1.807, 2.05) is 6.07 Å². The molecule has 4 saturated carbocycles. The SMILES string of the molecule is O=C(O)C12CC3CC(CC(NS(=O)(=O)c4ccc5c(Cl)cccc5c4)(C3)C1)C2. The number of benzene rings is 2. The second kappa shape index (κ2) is 5.94. The van der Waals surface area contributed by atoms with Crippen LogP contribution in [0.2, 0.25) is 5.02 Å². The number of halogens is 1. The molecule has 0 aromatic heterocycles. The number of carboxylic acid groups (broad SMARTS) is 1. The fourth-order valence-corrected chi connectivity index (χ4v) is 8.07. The molecule has 0 spiro atoms. The highest BCUT2D eigenvalue weighted by Crippen LogP contribution is 2.62. The quantitative estimate of drug-likeness (QED) is 0.778. The summed E-state index contributed by atoms with van der Waals surface area (Å²) in [5.41, 5.74) is -1.42. The number of carbonyl (C=O) groups is 1. The molecule has 5 nitrogen and oxygen atoms in total. The van der Waals surface area contributed by atoms with Gasteiger partial charge in [-0.1, -0.05) is 29.8 Å². The Bertz CT molecular complexity index is 1080. The van der Waals surface area contributed by atoms with Gasteiger partial charge in [0.1, 0.15) is 0 Å². The van der Waals surface area contributed by atoms with Crippen molar-refractivity contribution in [2.75, 3.05) is 0 Å². The molecule has 4 bridgehead atoms. The van der Waals surface area contributed by atoms with Gasteiger partial charge in [0.15, 0.2) is 0 Å². The molecule has 0 radical (unpaired) electrons. The van der Waals surface area contributed by atoms with Crippen LogP contribution < -0.4 is 4.72 Å². The van der Waals surface area contributed by atoms with Crippen LogP contribution in [0.3, 0.4) is 0 Å². The van der Waals surface area contributed by atoms with Crippen LogP contribution in [0.1, 0.15) is 38.5 Å². The third-order valence-electron chi connectivity index (χ3n) is 6.97. The fourth-order valence-electron chi connectivity index (χ4n) is 6.37. The number of hydrogen-bond donors (Lipinski definition) is 2. The number of nitrogens with one attached hydrogen (secondary N) is 1. The van der Waals surface area contributed by atoms with E-state index in [0.717, 1.165) is 30.0 Å². The molecule has 148 valence electrons. The van der Waals surface area contributed by atoms with Crippen molar-refractivity contribution in [3.05, 3.63) is 41.4 Å². The van der Waals surface area contributed by atoms with Gasteiger partial charge in [-0.05, 0) is 73.9 Å². The van der Waals surface area contributed by atoms with Gasteiger partial charge in [-0.25, -0.2) is 13.1 Å². The fraction of sp³-hybridized carbons (Fsp3) is 0.476. The van der Waals surface area contributed by atoms with Gasteiger partial charge in [-0.15, -0.1) is 0 Å². The molecule has 0 saturated heterocycles. The maximum atomic E-state index is 13.2. The van der Waals surface area contributed by atoms with Gasteiger partial charge in [0.2, 0.25) is 10.0 Å². The Morgan fingerprint density at radius 1 is 1.11 bits per heavy atom. The minimum absolute atomic E-state index is 0.197. The lowest BCUT2D eigenvalue weighted by Crippen LogP contribution is -2.64. The number of hydrogen-bond acceptors (Lipinski definition) is 3. The first kappa shape index (κ1) is 18.4. The van der Waals surface area contributed by atoms with Crippen LogP contribution in [-0.4, -0.2) is 25.0 Å². The molecule has 28 heavy (non-hydrogen) atoms. The molecule has 0 aliphatic heterocycles. The summed E-state index contributed by atoms with van der Waals surface area (Å²) < 4.78 is 29.4. The normalized spacial score (nSPS) is 34.0. The predicted molar refractivity (Wildman–Crippen MR) is 107 cm³/mol. The van der Waals surface area contributed by atoms with Crippen molar-refractivity contribution in [3.8, 4) is 0 Å². The zero-order valence-electron chi connectivity index (χ0n) is 15.3. The van der Waals surface area contributed by atoms with Crippen LogP contribution in [0.15, 0.2) is 41.3 Å². The van der Waals surface area contributed by atoms with Crippen LogP contribution >= 0.6 is 11.6 Å². The topological polar surface area (TPSA) is 83.5 Å².